The van der Waals surface area contributed by atoms with Crippen molar-refractivity contribution in [2.75, 3.05) is 5.88 Å². The third-order valence-electron chi connectivity index (χ3n) is 2.45. The molecule has 1 aromatic carbocycles. The van der Waals surface area contributed by atoms with Gasteiger partial charge in [0.2, 0.25) is 0 Å². The zero-order valence-corrected chi connectivity index (χ0v) is 9.17. The second kappa shape index (κ2) is 4.07. The summed E-state index contributed by atoms with van der Waals surface area (Å²) >= 11 is 5.46. The van der Waals surface area contributed by atoms with Gasteiger partial charge in [-0.1, -0.05) is 18.2 Å². The average Bonchev–Trinajstić information content (AvgIpc) is 2.57. The van der Waals surface area contributed by atoms with Gasteiger partial charge in [0.15, 0.2) is 5.78 Å². The Balaban J connectivity index is 2.44. The molecule has 2 aromatic rings. The molecule has 0 N–H and O–H groups in total. The number of hydrogen-bond donors (Lipinski definition) is 0. The highest BCUT2D eigenvalue weighted by molar-refractivity contribution is 6.27. The number of carbonyl (C=O) groups excluding carboxylic acids is 1. The lowest BCUT2D eigenvalue weighted by Gasteiger charge is -1.94. The molecular weight excluding hydrogens is 212 g/mol. The van der Waals surface area contributed by atoms with Gasteiger partial charge in [-0.25, -0.2) is 0 Å². The third kappa shape index (κ3) is 1.90. The number of aryl methyl sites for hydroxylation is 1. The van der Waals surface area contributed by atoms with Crippen LogP contribution in [0, 0.1) is 6.92 Å². The molecule has 0 atom stereocenters. The molecule has 2 nitrogen and oxygen atoms in total. The van der Waals surface area contributed by atoms with E-state index in [9.17, 15) is 4.79 Å². The van der Waals surface area contributed by atoms with Crippen molar-refractivity contribution in [2.45, 2.75) is 13.3 Å². The molecule has 0 saturated carbocycles. The van der Waals surface area contributed by atoms with Gasteiger partial charge in [-0.15, -0.1) is 11.6 Å². The first-order valence-corrected chi connectivity index (χ1v) is 5.30. The highest BCUT2D eigenvalue weighted by Gasteiger charge is 2.12. The fourth-order valence-corrected chi connectivity index (χ4v) is 1.71. The van der Waals surface area contributed by atoms with E-state index >= 15 is 0 Å². The maximum atomic E-state index is 11.2. The number of alkyl halides is 1. The van der Waals surface area contributed by atoms with Gasteiger partial charge in [-0.05, 0) is 18.6 Å². The van der Waals surface area contributed by atoms with Crippen molar-refractivity contribution in [2.24, 2.45) is 0 Å². The lowest BCUT2D eigenvalue weighted by molar-refractivity contribution is -0.116. The molecule has 0 fully saturated rings. The van der Waals surface area contributed by atoms with Gasteiger partial charge in [0.25, 0.3) is 0 Å². The van der Waals surface area contributed by atoms with Gasteiger partial charge < -0.3 is 4.42 Å². The Morgan fingerprint density at radius 1 is 1.40 bits per heavy atom. The van der Waals surface area contributed by atoms with Crippen molar-refractivity contribution >= 4 is 28.4 Å². The predicted octanol–water partition coefficient (Wildman–Crippen LogP) is 3.09. The lowest BCUT2D eigenvalue weighted by Crippen LogP contribution is -2.03. The molecule has 0 radical (unpaired) electrons. The fraction of sp³-hybridized carbons (Fsp3) is 0.250. The molecule has 78 valence electrons. The maximum Gasteiger partial charge on any atom is 0.155 e. The minimum atomic E-state index is -0.0150. The first-order valence-electron chi connectivity index (χ1n) is 4.77. The monoisotopic (exact) mass is 222 g/mol. The summed E-state index contributed by atoms with van der Waals surface area (Å²) in [6.07, 6.45) is 0.282. The molecule has 3 heteroatoms. The highest BCUT2D eigenvalue weighted by atomic mass is 35.5. The Kier molecular flexibility index (Phi) is 2.78. The number of halogens is 1. The minimum absolute atomic E-state index is 0.0150. The summed E-state index contributed by atoms with van der Waals surface area (Å²) in [5.41, 5.74) is 1.86. The van der Waals surface area contributed by atoms with Crippen LogP contribution >= 0.6 is 11.6 Å². The molecule has 0 saturated heterocycles. The van der Waals surface area contributed by atoms with E-state index in [-0.39, 0.29) is 18.1 Å². The number of carbonyl (C=O) groups is 1. The van der Waals surface area contributed by atoms with Crippen LogP contribution in [0.3, 0.4) is 0 Å². The molecule has 0 aliphatic rings. The van der Waals surface area contributed by atoms with Crippen LogP contribution in [-0.4, -0.2) is 11.7 Å². The normalized spacial score (nSPS) is 10.8. The Labute approximate surface area is 92.8 Å². The summed E-state index contributed by atoms with van der Waals surface area (Å²) < 4.78 is 5.59. The van der Waals surface area contributed by atoms with Crippen molar-refractivity contribution in [1.29, 1.82) is 0 Å². The number of furan rings is 1. The number of hydrogen-bond acceptors (Lipinski definition) is 2. The van der Waals surface area contributed by atoms with Crippen LogP contribution in [0.5, 0.6) is 0 Å². The van der Waals surface area contributed by atoms with E-state index in [1.807, 2.05) is 31.2 Å². The van der Waals surface area contributed by atoms with Crippen molar-refractivity contribution < 1.29 is 9.21 Å². The second-order valence-corrected chi connectivity index (χ2v) is 3.76. The van der Waals surface area contributed by atoms with E-state index in [1.54, 1.807) is 0 Å². The summed E-state index contributed by atoms with van der Waals surface area (Å²) in [5, 5.41) is 1.06. The molecule has 0 spiro atoms. The van der Waals surface area contributed by atoms with Crippen LogP contribution in [0.2, 0.25) is 0 Å². The zero-order chi connectivity index (χ0) is 10.8. The lowest BCUT2D eigenvalue weighted by atomic mass is 10.1. The fourth-order valence-electron chi connectivity index (χ4n) is 1.62. The predicted molar refractivity (Wildman–Crippen MR) is 60.4 cm³/mol. The van der Waals surface area contributed by atoms with Gasteiger partial charge >= 0.3 is 0 Å². The van der Waals surface area contributed by atoms with Gasteiger partial charge in [0.1, 0.15) is 11.3 Å². The summed E-state index contributed by atoms with van der Waals surface area (Å²) in [5.74, 6) is 0.747. The number of ketones is 1. The molecule has 15 heavy (non-hydrogen) atoms. The Morgan fingerprint density at radius 3 is 2.80 bits per heavy atom. The van der Waals surface area contributed by atoms with Gasteiger partial charge in [0.05, 0.1) is 12.3 Å². The van der Waals surface area contributed by atoms with Crippen LogP contribution in [-0.2, 0) is 11.2 Å². The summed E-state index contributed by atoms with van der Waals surface area (Å²) in [4.78, 5) is 11.2. The maximum absolute atomic E-state index is 11.2. The van der Waals surface area contributed by atoms with E-state index in [0.717, 1.165) is 22.3 Å². The van der Waals surface area contributed by atoms with Gasteiger partial charge in [-0.2, -0.15) is 0 Å². The molecule has 2 rings (SSSR count). The van der Waals surface area contributed by atoms with Crippen LogP contribution in [0.25, 0.3) is 11.0 Å². The van der Waals surface area contributed by atoms with E-state index in [0.29, 0.717) is 0 Å². The van der Waals surface area contributed by atoms with E-state index < -0.39 is 0 Å². The molecule has 0 bridgehead atoms. The smallest absolute Gasteiger partial charge is 0.155 e. The average molecular weight is 223 g/mol. The second-order valence-electron chi connectivity index (χ2n) is 3.50. The summed E-state index contributed by atoms with van der Waals surface area (Å²) in [6.45, 7) is 1.96. The standard InChI is InChI=1S/C12H11ClO2/c1-8-10-4-2-3-5-11(10)15-12(8)6-9(14)7-13/h2-5H,6-7H2,1H3. The summed E-state index contributed by atoms with van der Waals surface area (Å²) in [7, 11) is 0. The Hall–Kier alpha value is -1.28. The number of benzene rings is 1. The molecular formula is C12H11ClO2. The minimum Gasteiger partial charge on any atom is -0.460 e. The SMILES string of the molecule is Cc1c(CC(=O)CCl)oc2ccccc12. The molecule has 0 unspecified atom stereocenters. The zero-order valence-electron chi connectivity index (χ0n) is 8.42. The van der Waals surface area contributed by atoms with Crippen molar-refractivity contribution in [3.63, 3.8) is 0 Å². The molecule has 0 aliphatic heterocycles. The Bertz CT molecular complexity index is 499. The third-order valence-corrected chi connectivity index (χ3v) is 2.75. The Morgan fingerprint density at radius 2 is 2.13 bits per heavy atom. The topological polar surface area (TPSA) is 30.2 Å². The van der Waals surface area contributed by atoms with Crippen LogP contribution in [0.4, 0.5) is 0 Å². The summed E-state index contributed by atoms with van der Waals surface area (Å²) in [6, 6.07) is 7.76. The number of fused-ring (bicyclic) bond motifs is 1. The van der Waals surface area contributed by atoms with E-state index in [1.165, 1.54) is 0 Å². The van der Waals surface area contributed by atoms with Crippen LogP contribution in [0.1, 0.15) is 11.3 Å². The van der Waals surface area contributed by atoms with Crippen molar-refractivity contribution in [3.05, 3.63) is 35.6 Å². The van der Waals surface area contributed by atoms with E-state index in [4.69, 9.17) is 16.0 Å². The van der Waals surface area contributed by atoms with Gasteiger partial charge in [0, 0.05) is 5.39 Å². The van der Waals surface area contributed by atoms with Crippen molar-refractivity contribution in [3.8, 4) is 0 Å². The number of rotatable bonds is 3. The van der Waals surface area contributed by atoms with Gasteiger partial charge in [-0.3, -0.25) is 4.79 Å². The number of para-hydroxylation sites is 1. The first kappa shape index (κ1) is 10.2. The number of Topliss-reactive ketones (excluding diaryl/α,β-unsaturated/α-hetero) is 1. The molecule has 0 amide bonds. The van der Waals surface area contributed by atoms with Crippen LogP contribution < -0.4 is 0 Å². The molecule has 1 aromatic heterocycles. The first-order chi connectivity index (χ1) is 7.22. The van der Waals surface area contributed by atoms with E-state index in [2.05, 4.69) is 0 Å². The highest BCUT2D eigenvalue weighted by Crippen LogP contribution is 2.25. The van der Waals surface area contributed by atoms with Crippen LogP contribution in [0.15, 0.2) is 28.7 Å². The largest absolute Gasteiger partial charge is 0.460 e. The molecule has 1 heterocycles. The van der Waals surface area contributed by atoms with Crippen molar-refractivity contribution in [1.82, 2.24) is 0 Å². The molecule has 0 aliphatic carbocycles. The quantitative estimate of drug-likeness (QED) is 0.747.